The van der Waals surface area contributed by atoms with E-state index in [0.29, 0.717) is 5.69 Å². The van der Waals surface area contributed by atoms with Crippen LogP contribution in [-0.4, -0.2) is 19.4 Å². The summed E-state index contributed by atoms with van der Waals surface area (Å²) in [4.78, 5) is 12.4. The lowest BCUT2D eigenvalue weighted by Crippen LogP contribution is -2.32. The number of sulfonamides is 1. The van der Waals surface area contributed by atoms with E-state index in [1.165, 1.54) is 18.2 Å². The van der Waals surface area contributed by atoms with Crippen molar-refractivity contribution < 1.29 is 13.2 Å². The second-order valence-electron chi connectivity index (χ2n) is 7.68. The van der Waals surface area contributed by atoms with E-state index in [1.54, 1.807) is 18.2 Å². The molecule has 1 amide bonds. The highest BCUT2D eigenvalue weighted by Gasteiger charge is 2.13. The van der Waals surface area contributed by atoms with Crippen LogP contribution in [-0.2, 0) is 21.4 Å². The van der Waals surface area contributed by atoms with Gasteiger partial charge in [-0.25, -0.2) is 13.1 Å². The van der Waals surface area contributed by atoms with Crippen molar-refractivity contribution in [3.05, 3.63) is 114 Å². The summed E-state index contributed by atoms with van der Waals surface area (Å²) in [6.07, 6.45) is 3.16. The van der Waals surface area contributed by atoms with Gasteiger partial charge in [-0.05, 0) is 64.5 Å². The minimum Gasteiger partial charge on any atom is -0.332 e. The Kier molecular flexibility index (Phi) is 7.67. The summed E-state index contributed by atoms with van der Waals surface area (Å²) < 4.78 is 27.6. The Bertz CT molecular complexity index is 1480. The Morgan fingerprint density at radius 3 is 2.29 bits per heavy atom. The Morgan fingerprint density at radius 1 is 0.829 bits per heavy atom. The number of carbonyl (C=O) groups is 1. The van der Waals surface area contributed by atoms with E-state index < -0.39 is 10.0 Å². The maximum Gasteiger partial charge on any atom is 0.250 e. The maximum atomic E-state index is 12.5. The zero-order chi connectivity index (χ0) is 24.7. The molecule has 35 heavy (non-hydrogen) atoms. The highest BCUT2D eigenvalue weighted by molar-refractivity contribution is 7.89. The molecule has 0 aliphatic carbocycles. The molecule has 4 aromatic rings. The molecule has 6 nitrogen and oxygen atoms in total. The highest BCUT2D eigenvalue weighted by Crippen LogP contribution is 2.19. The van der Waals surface area contributed by atoms with Gasteiger partial charge in [-0.1, -0.05) is 72.8 Å². The van der Waals surface area contributed by atoms with Crippen LogP contribution in [0, 0.1) is 0 Å². The fourth-order valence-electron chi connectivity index (χ4n) is 3.45. The van der Waals surface area contributed by atoms with E-state index in [2.05, 4.69) is 15.4 Å². The predicted molar refractivity (Wildman–Crippen MR) is 144 cm³/mol. The van der Waals surface area contributed by atoms with Crippen LogP contribution in [0.25, 0.3) is 16.8 Å². The average molecular weight is 502 g/mol. The SMILES string of the molecule is O=C(/C=C/c1cccc2ccccc12)NC(=S)Nc1ccc(S(=O)(=O)NCc2ccccc2)cc1. The minimum atomic E-state index is -3.66. The van der Waals surface area contributed by atoms with Gasteiger partial charge in [0, 0.05) is 18.3 Å². The second kappa shape index (κ2) is 11.1. The number of hydrogen-bond acceptors (Lipinski definition) is 4. The monoisotopic (exact) mass is 501 g/mol. The molecule has 4 aromatic carbocycles. The Morgan fingerprint density at radius 2 is 1.51 bits per heavy atom. The zero-order valence-corrected chi connectivity index (χ0v) is 20.3. The fourth-order valence-corrected chi connectivity index (χ4v) is 4.69. The fraction of sp³-hybridized carbons (Fsp3) is 0.0370. The first kappa shape index (κ1) is 24.3. The van der Waals surface area contributed by atoms with Gasteiger partial charge in [0.1, 0.15) is 0 Å². The zero-order valence-electron chi connectivity index (χ0n) is 18.6. The van der Waals surface area contributed by atoms with Gasteiger partial charge in [0.05, 0.1) is 4.90 Å². The van der Waals surface area contributed by atoms with Crippen LogP contribution in [0.1, 0.15) is 11.1 Å². The third-order valence-electron chi connectivity index (χ3n) is 5.21. The minimum absolute atomic E-state index is 0.107. The molecule has 0 unspecified atom stereocenters. The maximum absolute atomic E-state index is 12.5. The first-order chi connectivity index (χ1) is 16.9. The van der Waals surface area contributed by atoms with Crippen LogP contribution in [0.2, 0.25) is 0 Å². The number of carbonyl (C=O) groups excluding carboxylic acids is 1. The van der Waals surface area contributed by atoms with Crippen molar-refractivity contribution in [2.24, 2.45) is 0 Å². The smallest absolute Gasteiger partial charge is 0.250 e. The van der Waals surface area contributed by atoms with Crippen molar-refractivity contribution in [2.75, 3.05) is 5.32 Å². The number of fused-ring (bicyclic) bond motifs is 1. The van der Waals surface area contributed by atoms with Crippen molar-refractivity contribution in [1.29, 1.82) is 0 Å². The number of anilines is 1. The molecule has 0 saturated carbocycles. The van der Waals surface area contributed by atoms with Crippen molar-refractivity contribution in [1.82, 2.24) is 10.0 Å². The van der Waals surface area contributed by atoms with Crippen molar-refractivity contribution in [2.45, 2.75) is 11.4 Å². The van der Waals surface area contributed by atoms with Gasteiger partial charge in [0.15, 0.2) is 5.11 Å². The predicted octanol–water partition coefficient (Wildman–Crippen LogP) is 4.84. The van der Waals surface area contributed by atoms with E-state index in [1.807, 2.05) is 72.8 Å². The molecular weight excluding hydrogens is 478 g/mol. The van der Waals surface area contributed by atoms with E-state index >= 15 is 0 Å². The lowest BCUT2D eigenvalue weighted by Gasteiger charge is -2.10. The van der Waals surface area contributed by atoms with E-state index in [4.69, 9.17) is 12.2 Å². The van der Waals surface area contributed by atoms with Crippen molar-refractivity contribution in [3.63, 3.8) is 0 Å². The summed E-state index contributed by atoms with van der Waals surface area (Å²) in [5, 5.41) is 7.73. The Labute approximate surface area is 209 Å². The molecule has 0 heterocycles. The van der Waals surface area contributed by atoms with Gasteiger partial charge in [-0.15, -0.1) is 0 Å². The van der Waals surface area contributed by atoms with Gasteiger partial charge in [-0.3, -0.25) is 10.1 Å². The van der Waals surface area contributed by atoms with Crippen LogP contribution in [0.15, 0.2) is 108 Å². The van der Waals surface area contributed by atoms with E-state index in [9.17, 15) is 13.2 Å². The molecule has 0 fully saturated rings. The average Bonchev–Trinajstić information content (AvgIpc) is 2.87. The number of nitrogens with one attached hydrogen (secondary N) is 3. The molecule has 0 aliphatic rings. The third-order valence-corrected chi connectivity index (χ3v) is 6.83. The van der Waals surface area contributed by atoms with Crippen molar-refractivity contribution >= 4 is 55.8 Å². The molecule has 0 spiro atoms. The topological polar surface area (TPSA) is 87.3 Å². The number of amides is 1. The molecule has 3 N–H and O–H groups in total. The molecule has 0 aromatic heterocycles. The van der Waals surface area contributed by atoms with Gasteiger partial charge in [-0.2, -0.15) is 0 Å². The van der Waals surface area contributed by atoms with Gasteiger partial charge in [0.2, 0.25) is 15.9 Å². The number of hydrogen-bond donors (Lipinski definition) is 3. The molecule has 0 aliphatic heterocycles. The normalized spacial score (nSPS) is 11.4. The molecule has 0 saturated heterocycles. The summed E-state index contributed by atoms with van der Waals surface area (Å²) in [5.74, 6) is -0.375. The van der Waals surface area contributed by atoms with Crippen LogP contribution in [0.3, 0.4) is 0 Å². The van der Waals surface area contributed by atoms with Crippen LogP contribution in [0.4, 0.5) is 5.69 Å². The lowest BCUT2D eigenvalue weighted by molar-refractivity contribution is -0.115. The molecular formula is C27H23N3O3S2. The summed E-state index contributed by atoms with van der Waals surface area (Å²) >= 11 is 5.21. The third kappa shape index (κ3) is 6.60. The quantitative estimate of drug-likeness (QED) is 0.249. The molecule has 0 radical (unpaired) electrons. The van der Waals surface area contributed by atoms with Crippen LogP contribution >= 0.6 is 12.2 Å². The van der Waals surface area contributed by atoms with Gasteiger partial charge >= 0.3 is 0 Å². The molecule has 176 valence electrons. The summed E-state index contributed by atoms with van der Waals surface area (Å²) in [5.41, 5.74) is 2.34. The summed E-state index contributed by atoms with van der Waals surface area (Å²) in [6, 6.07) is 29.2. The summed E-state index contributed by atoms with van der Waals surface area (Å²) in [7, 11) is -3.66. The Balaban J connectivity index is 1.32. The largest absolute Gasteiger partial charge is 0.332 e. The van der Waals surface area contributed by atoms with Crippen LogP contribution < -0.4 is 15.4 Å². The second-order valence-corrected chi connectivity index (χ2v) is 9.85. The number of benzene rings is 4. The van der Waals surface area contributed by atoms with E-state index in [-0.39, 0.29) is 22.5 Å². The number of rotatable bonds is 7. The standard InChI is InChI=1S/C27H23N3O3S2/c31-26(18-13-22-11-6-10-21-9-4-5-12-25(21)22)30-27(34)29-23-14-16-24(17-15-23)35(32,33)28-19-20-7-2-1-3-8-20/h1-18,28H,19H2,(H2,29,30,31,34)/b18-13+. The first-order valence-corrected chi connectivity index (χ1v) is 12.7. The molecule has 8 heteroatoms. The van der Waals surface area contributed by atoms with Gasteiger partial charge in [0.25, 0.3) is 0 Å². The molecule has 0 bridgehead atoms. The molecule has 4 rings (SSSR count). The van der Waals surface area contributed by atoms with Crippen LogP contribution in [0.5, 0.6) is 0 Å². The lowest BCUT2D eigenvalue weighted by atomic mass is 10.0. The first-order valence-electron chi connectivity index (χ1n) is 10.8. The summed E-state index contributed by atoms with van der Waals surface area (Å²) in [6.45, 7) is 0.200. The van der Waals surface area contributed by atoms with Gasteiger partial charge < -0.3 is 5.32 Å². The Hall–Kier alpha value is -3.85. The number of thiocarbonyl (C=S) groups is 1. The molecule has 0 atom stereocenters. The highest BCUT2D eigenvalue weighted by atomic mass is 32.2. The van der Waals surface area contributed by atoms with E-state index in [0.717, 1.165) is 21.9 Å². The van der Waals surface area contributed by atoms with Crippen molar-refractivity contribution in [3.8, 4) is 0 Å².